The number of benzene rings is 1. The highest BCUT2D eigenvalue weighted by atomic mass is 79.9. The zero-order valence-corrected chi connectivity index (χ0v) is 16.9. The summed E-state index contributed by atoms with van der Waals surface area (Å²) < 4.78 is 4.54. The summed E-state index contributed by atoms with van der Waals surface area (Å²) in [5.41, 5.74) is 2.48. The first-order valence-corrected chi connectivity index (χ1v) is 9.37. The highest BCUT2D eigenvalue weighted by molar-refractivity contribution is 9.10. The van der Waals surface area contributed by atoms with Crippen LogP contribution in [0.15, 0.2) is 47.3 Å². The SMILES string of the molecule is CCn1ncc(Cl)c1CN(C)C(=O)c1cccc(Cn2cc(Br)cn2)c1. The van der Waals surface area contributed by atoms with Gasteiger partial charge < -0.3 is 4.90 Å². The van der Waals surface area contributed by atoms with Crippen LogP contribution < -0.4 is 0 Å². The molecule has 0 aliphatic heterocycles. The van der Waals surface area contributed by atoms with Crippen molar-refractivity contribution in [2.75, 3.05) is 7.05 Å². The standard InChI is InChI=1S/C18H19BrClN5O/c1-3-25-17(16(20)9-22-25)12-23(2)18(26)14-6-4-5-13(7-14)10-24-11-15(19)8-21-24/h4-9,11H,3,10,12H2,1-2H3. The molecule has 1 aromatic carbocycles. The number of aromatic nitrogens is 4. The first-order chi connectivity index (χ1) is 12.5. The Hall–Kier alpha value is -2.12. The second-order valence-corrected chi connectivity index (χ2v) is 7.30. The fourth-order valence-electron chi connectivity index (χ4n) is 2.75. The summed E-state index contributed by atoms with van der Waals surface area (Å²) in [5.74, 6) is -0.0617. The monoisotopic (exact) mass is 435 g/mol. The van der Waals surface area contributed by atoms with E-state index in [1.54, 1.807) is 29.0 Å². The van der Waals surface area contributed by atoms with Crippen LogP contribution in [0.2, 0.25) is 5.02 Å². The molecular weight excluding hydrogens is 418 g/mol. The smallest absolute Gasteiger partial charge is 0.253 e. The quantitative estimate of drug-likeness (QED) is 0.590. The second-order valence-electron chi connectivity index (χ2n) is 5.97. The summed E-state index contributed by atoms with van der Waals surface area (Å²) in [6.07, 6.45) is 5.25. The first-order valence-electron chi connectivity index (χ1n) is 8.20. The van der Waals surface area contributed by atoms with Crippen molar-refractivity contribution in [1.82, 2.24) is 24.5 Å². The Morgan fingerprint density at radius 3 is 2.81 bits per heavy atom. The Kier molecular flexibility index (Phi) is 5.78. The molecule has 0 aliphatic rings. The minimum atomic E-state index is -0.0617. The van der Waals surface area contributed by atoms with Crippen molar-refractivity contribution in [2.24, 2.45) is 0 Å². The number of halogens is 2. The van der Waals surface area contributed by atoms with Crippen molar-refractivity contribution in [3.8, 4) is 0 Å². The van der Waals surface area contributed by atoms with E-state index >= 15 is 0 Å². The molecule has 0 aliphatic carbocycles. The lowest BCUT2D eigenvalue weighted by Crippen LogP contribution is -2.27. The number of hydrogen-bond acceptors (Lipinski definition) is 3. The third kappa shape index (κ3) is 4.16. The molecule has 2 heterocycles. The van der Waals surface area contributed by atoms with Gasteiger partial charge in [-0.2, -0.15) is 10.2 Å². The molecule has 2 aromatic heterocycles. The molecule has 6 nitrogen and oxygen atoms in total. The Labute approximate surface area is 165 Å². The topological polar surface area (TPSA) is 56.0 Å². The third-order valence-electron chi connectivity index (χ3n) is 4.05. The van der Waals surface area contributed by atoms with Crippen molar-refractivity contribution in [2.45, 2.75) is 26.6 Å². The summed E-state index contributed by atoms with van der Waals surface area (Å²) in [5, 5.41) is 9.04. The number of rotatable bonds is 6. The molecule has 26 heavy (non-hydrogen) atoms. The average Bonchev–Trinajstić information content (AvgIpc) is 3.20. The normalized spacial score (nSPS) is 10.9. The van der Waals surface area contributed by atoms with E-state index in [-0.39, 0.29) is 5.91 Å². The second kappa shape index (κ2) is 8.05. The van der Waals surface area contributed by atoms with Crippen molar-refractivity contribution in [1.29, 1.82) is 0 Å². The van der Waals surface area contributed by atoms with Crippen LogP contribution in [0.4, 0.5) is 0 Å². The molecule has 0 radical (unpaired) electrons. The van der Waals surface area contributed by atoms with Gasteiger partial charge in [0, 0.05) is 25.4 Å². The van der Waals surface area contributed by atoms with E-state index in [2.05, 4.69) is 26.1 Å². The summed E-state index contributed by atoms with van der Waals surface area (Å²) in [7, 11) is 1.77. The first kappa shape index (κ1) is 18.7. The van der Waals surface area contributed by atoms with Gasteiger partial charge in [-0.25, -0.2) is 0 Å². The number of hydrogen-bond donors (Lipinski definition) is 0. The van der Waals surface area contributed by atoms with Crippen LogP contribution >= 0.6 is 27.5 Å². The van der Waals surface area contributed by atoms with Crippen molar-refractivity contribution in [3.63, 3.8) is 0 Å². The number of carbonyl (C=O) groups excluding carboxylic acids is 1. The van der Waals surface area contributed by atoms with Crippen LogP contribution in [0.5, 0.6) is 0 Å². The van der Waals surface area contributed by atoms with Crippen LogP contribution in [-0.4, -0.2) is 37.4 Å². The van der Waals surface area contributed by atoms with Gasteiger partial charge in [-0.05, 0) is 40.5 Å². The molecule has 1 amide bonds. The molecule has 0 fully saturated rings. The molecule has 0 unspecified atom stereocenters. The maximum Gasteiger partial charge on any atom is 0.253 e. The fraction of sp³-hybridized carbons (Fsp3) is 0.278. The van der Waals surface area contributed by atoms with Gasteiger partial charge >= 0.3 is 0 Å². The molecule has 3 aromatic rings. The molecular formula is C18H19BrClN5O. The number of nitrogens with zero attached hydrogens (tertiary/aromatic N) is 5. The molecule has 0 saturated carbocycles. The van der Waals surface area contributed by atoms with Gasteiger partial charge in [-0.15, -0.1) is 0 Å². The van der Waals surface area contributed by atoms with Gasteiger partial charge in [0.2, 0.25) is 0 Å². The zero-order valence-electron chi connectivity index (χ0n) is 14.6. The van der Waals surface area contributed by atoms with Crippen LogP contribution in [0, 0.1) is 0 Å². The highest BCUT2D eigenvalue weighted by Crippen LogP contribution is 2.18. The van der Waals surface area contributed by atoms with E-state index in [0.29, 0.717) is 30.2 Å². The Morgan fingerprint density at radius 2 is 2.12 bits per heavy atom. The number of carbonyl (C=O) groups is 1. The lowest BCUT2D eigenvalue weighted by Gasteiger charge is -2.18. The van der Waals surface area contributed by atoms with Gasteiger partial charge in [0.15, 0.2) is 0 Å². The van der Waals surface area contributed by atoms with Crippen LogP contribution in [-0.2, 0) is 19.6 Å². The largest absolute Gasteiger partial charge is 0.336 e. The van der Waals surface area contributed by atoms with Crippen LogP contribution in [0.3, 0.4) is 0 Å². The minimum Gasteiger partial charge on any atom is -0.336 e. The maximum atomic E-state index is 12.8. The van der Waals surface area contributed by atoms with Gasteiger partial charge in [0.05, 0.1) is 40.7 Å². The molecule has 136 valence electrons. The lowest BCUT2D eigenvalue weighted by atomic mass is 10.1. The Morgan fingerprint density at radius 1 is 1.31 bits per heavy atom. The third-order valence-corrected chi connectivity index (χ3v) is 4.78. The van der Waals surface area contributed by atoms with Crippen molar-refractivity contribution in [3.05, 3.63) is 69.2 Å². The van der Waals surface area contributed by atoms with E-state index < -0.39 is 0 Å². The molecule has 0 spiro atoms. The van der Waals surface area contributed by atoms with Crippen LogP contribution in [0.25, 0.3) is 0 Å². The summed E-state index contributed by atoms with van der Waals surface area (Å²) in [4.78, 5) is 14.5. The fourth-order valence-corrected chi connectivity index (χ4v) is 3.28. The van der Waals surface area contributed by atoms with Crippen molar-refractivity contribution < 1.29 is 4.79 Å². The Bertz CT molecular complexity index is 920. The molecule has 0 bridgehead atoms. The van der Waals surface area contributed by atoms with E-state index in [4.69, 9.17) is 11.6 Å². The van der Waals surface area contributed by atoms with E-state index in [1.165, 1.54) is 0 Å². The predicted octanol–water partition coefficient (Wildman–Crippen LogP) is 3.84. The van der Waals surface area contributed by atoms with Gasteiger partial charge in [-0.1, -0.05) is 23.7 Å². The van der Waals surface area contributed by atoms with Gasteiger partial charge in [0.1, 0.15) is 0 Å². The summed E-state index contributed by atoms with van der Waals surface area (Å²) in [6, 6.07) is 7.58. The molecule has 8 heteroatoms. The molecule has 0 N–H and O–H groups in total. The van der Waals surface area contributed by atoms with Gasteiger partial charge in [-0.3, -0.25) is 14.2 Å². The number of aryl methyl sites for hydroxylation is 1. The van der Waals surface area contributed by atoms with Gasteiger partial charge in [0.25, 0.3) is 5.91 Å². The summed E-state index contributed by atoms with van der Waals surface area (Å²) in [6.45, 7) is 3.71. The zero-order chi connectivity index (χ0) is 18.7. The average molecular weight is 437 g/mol. The van der Waals surface area contributed by atoms with Crippen LogP contribution in [0.1, 0.15) is 28.5 Å². The molecule has 0 atom stereocenters. The Balaban J connectivity index is 1.74. The minimum absolute atomic E-state index is 0.0617. The molecule has 3 rings (SSSR count). The van der Waals surface area contributed by atoms with E-state index in [1.807, 2.05) is 42.1 Å². The lowest BCUT2D eigenvalue weighted by molar-refractivity contribution is 0.0781. The van der Waals surface area contributed by atoms with E-state index in [0.717, 1.165) is 15.7 Å². The summed E-state index contributed by atoms with van der Waals surface area (Å²) >= 11 is 9.59. The van der Waals surface area contributed by atoms with Crippen molar-refractivity contribution >= 4 is 33.4 Å². The highest BCUT2D eigenvalue weighted by Gasteiger charge is 2.17. The maximum absolute atomic E-state index is 12.8. The molecule has 0 saturated heterocycles. The number of amides is 1. The predicted molar refractivity (Wildman–Crippen MR) is 104 cm³/mol. The van der Waals surface area contributed by atoms with E-state index in [9.17, 15) is 4.79 Å².